The predicted molar refractivity (Wildman–Crippen MR) is 104 cm³/mol. The Kier molecular flexibility index (Phi) is 8.52. The van der Waals surface area contributed by atoms with Crippen LogP contribution in [-0.2, 0) is 9.59 Å². The highest BCUT2D eigenvalue weighted by atomic mass is 32.2. The third-order valence-corrected chi connectivity index (χ3v) is 6.06. The number of hydrogen-bond donors (Lipinski definition) is 2. The van der Waals surface area contributed by atoms with Gasteiger partial charge in [-0.2, -0.15) is 0 Å². The molecular formula is C18H34N4O2S. The van der Waals surface area contributed by atoms with Gasteiger partial charge in [-0.15, -0.1) is 11.8 Å². The van der Waals surface area contributed by atoms with Crippen molar-refractivity contribution in [3.63, 3.8) is 0 Å². The van der Waals surface area contributed by atoms with Gasteiger partial charge in [0.15, 0.2) is 0 Å². The summed E-state index contributed by atoms with van der Waals surface area (Å²) in [7, 11) is 0. The van der Waals surface area contributed by atoms with E-state index in [1.807, 2.05) is 23.6 Å². The third kappa shape index (κ3) is 5.86. The van der Waals surface area contributed by atoms with Crippen LogP contribution < -0.4 is 10.6 Å². The first-order valence-corrected chi connectivity index (χ1v) is 10.8. The average molecular weight is 371 g/mol. The highest BCUT2D eigenvalue weighted by Gasteiger charge is 2.33. The number of carbonyl (C=O) groups excluding carboxylic acids is 2. The molecule has 3 atom stereocenters. The van der Waals surface area contributed by atoms with Gasteiger partial charge in [0, 0.05) is 25.4 Å². The van der Waals surface area contributed by atoms with E-state index in [9.17, 15) is 9.59 Å². The van der Waals surface area contributed by atoms with Gasteiger partial charge in [-0.05, 0) is 45.2 Å². The molecule has 2 heterocycles. The predicted octanol–water partition coefficient (Wildman–Crippen LogP) is 1.12. The van der Waals surface area contributed by atoms with Crippen LogP contribution in [0.5, 0.6) is 0 Å². The number of hydrogen-bond acceptors (Lipinski definition) is 5. The Balaban J connectivity index is 1.73. The second-order valence-electron chi connectivity index (χ2n) is 7.16. The van der Waals surface area contributed by atoms with Crippen molar-refractivity contribution in [2.24, 2.45) is 5.92 Å². The van der Waals surface area contributed by atoms with Crippen LogP contribution in [0.2, 0.25) is 0 Å². The molecule has 2 fully saturated rings. The Morgan fingerprint density at radius 1 is 1.32 bits per heavy atom. The van der Waals surface area contributed by atoms with E-state index in [0.29, 0.717) is 12.5 Å². The number of nitrogens with one attached hydrogen (secondary N) is 2. The molecular weight excluding hydrogens is 336 g/mol. The van der Waals surface area contributed by atoms with E-state index in [-0.39, 0.29) is 23.9 Å². The van der Waals surface area contributed by atoms with Crippen molar-refractivity contribution in [1.82, 2.24) is 20.4 Å². The fraction of sp³-hybridized carbons (Fsp3) is 0.889. The van der Waals surface area contributed by atoms with Crippen molar-refractivity contribution < 1.29 is 9.59 Å². The van der Waals surface area contributed by atoms with Gasteiger partial charge in [0.05, 0.1) is 18.0 Å². The molecule has 144 valence electrons. The minimum atomic E-state index is -0.0895. The van der Waals surface area contributed by atoms with Gasteiger partial charge in [0.25, 0.3) is 0 Å². The minimum Gasteiger partial charge on any atom is -0.354 e. The first kappa shape index (κ1) is 20.5. The standard InChI is InChI=1S/C18H34N4O2S/c1-4-6-21(7-5-2)14(3)17(23)20-12-15-10-16(19-11-15)18(24)22-8-9-25-13-22/h14-16,19H,4-13H2,1-3H3,(H,20,23). The van der Waals surface area contributed by atoms with Gasteiger partial charge in [-0.1, -0.05) is 13.8 Å². The van der Waals surface area contributed by atoms with Crippen LogP contribution in [0.25, 0.3) is 0 Å². The molecule has 2 saturated heterocycles. The zero-order valence-electron chi connectivity index (χ0n) is 15.9. The van der Waals surface area contributed by atoms with Gasteiger partial charge >= 0.3 is 0 Å². The molecule has 2 rings (SSSR count). The van der Waals surface area contributed by atoms with Crippen LogP contribution in [0.3, 0.4) is 0 Å². The Morgan fingerprint density at radius 2 is 2.04 bits per heavy atom. The fourth-order valence-corrected chi connectivity index (χ4v) is 4.55. The maximum absolute atomic E-state index is 12.5. The van der Waals surface area contributed by atoms with E-state index in [4.69, 9.17) is 0 Å². The first-order chi connectivity index (χ1) is 12.1. The molecule has 2 N–H and O–H groups in total. The maximum atomic E-state index is 12.5. The molecule has 2 aliphatic rings. The lowest BCUT2D eigenvalue weighted by Gasteiger charge is -2.27. The van der Waals surface area contributed by atoms with Crippen molar-refractivity contribution in [1.29, 1.82) is 0 Å². The van der Waals surface area contributed by atoms with E-state index < -0.39 is 0 Å². The summed E-state index contributed by atoms with van der Waals surface area (Å²) in [4.78, 5) is 29.1. The molecule has 0 bridgehead atoms. The van der Waals surface area contributed by atoms with E-state index in [2.05, 4.69) is 29.4 Å². The zero-order valence-corrected chi connectivity index (χ0v) is 16.7. The topological polar surface area (TPSA) is 64.7 Å². The lowest BCUT2D eigenvalue weighted by molar-refractivity contribution is -0.131. The van der Waals surface area contributed by atoms with Crippen LogP contribution in [0.15, 0.2) is 0 Å². The molecule has 0 saturated carbocycles. The van der Waals surface area contributed by atoms with Crippen molar-refractivity contribution in [3.8, 4) is 0 Å². The smallest absolute Gasteiger partial charge is 0.240 e. The number of rotatable bonds is 9. The second kappa shape index (κ2) is 10.4. The lowest BCUT2D eigenvalue weighted by atomic mass is 10.0. The first-order valence-electron chi connectivity index (χ1n) is 9.68. The number of nitrogens with zero attached hydrogens (tertiary/aromatic N) is 2. The fourth-order valence-electron chi connectivity index (χ4n) is 3.59. The van der Waals surface area contributed by atoms with E-state index in [1.165, 1.54) is 0 Å². The number of thioether (sulfide) groups is 1. The summed E-state index contributed by atoms with van der Waals surface area (Å²) < 4.78 is 0. The summed E-state index contributed by atoms with van der Waals surface area (Å²) >= 11 is 1.81. The Morgan fingerprint density at radius 3 is 2.64 bits per heavy atom. The van der Waals surface area contributed by atoms with E-state index in [1.54, 1.807) is 0 Å². The molecule has 0 aromatic rings. The van der Waals surface area contributed by atoms with Crippen LogP contribution >= 0.6 is 11.8 Å². The molecule has 0 radical (unpaired) electrons. The quantitative estimate of drug-likeness (QED) is 0.637. The van der Waals surface area contributed by atoms with Gasteiger partial charge in [0.2, 0.25) is 11.8 Å². The summed E-state index contributed by atoms with van der Waals surface area (Å²) in [6, 6.07) is -0.164. The SMILES string of the molecule is CCCN(CCC)C(C)C(=O)NCC1CNC(C(=O)N2CCSC2)C1. The normalized spacial score (nSPS) is 24.7. The van der Waals surface area contributed by atoms with Crippen molar-refractivity contribution in [2.75, 3.05) is 44.4 Å². The number of carbonyl (C=O) groups is 2. The third-order valence-electron chi connectivity index (χ3n) is 5.10. The summed E-state index contributed by atoms with van der Waals surface area (Å²) in [5, 5.41) is 6.44. The van der Waals surface area contributed by atoms with Gasteiger partial charge in [-0.3, -0.25) is 14.5 Å². The molecule has 7 heteroatoms. The van der Waals surface area contributed by atoms with Gasteiger partial charge in [0.1, 0.15) is 0 Å². The van der Waals surface area contributed by atoms with Crippen LogP contribution in [0.1, 0.15) is 40.0 Å². The highest BCUT2D eigenvalue weighted by molar-refractivity contribution is 7.99. The molecule has 0 spiro atoms. The van der Waals surface area contributed by atoms with Crippen molar-refractivity contribution in [3.05, 3.63) is 0 Å². The largest absolute Gasteiger partial charge is 0.354 e. The molecule has 2 aliphatic heterocycles. The molecule has 6 nitrogen and oxygen atoms in total. The van der Waals surface area contributed by atoms with Crippen LogP contribution in [0.4, 0.5) is 0 Å². The van der Waals surface area contributed by atoms with E-state index in [0.717, 1.165) is 57.1 Å². The molecule has 0 aromatic carbocycles. The Hall–Kier alpha value is -0.790. The average Bonchev–Trinajstić information content (AvgIpc) is 3.30. The van der Waals surface area contributed by atoms with Crippen LogP contribution in [0, 0.1) is 5.92 Å². The van der Waals surface area contributed by atoms with Gasteiger partial charge in [-0.25, -0.2) is 0 Å². The van der Waals surface area contributed by atoms with Crippen molar-refractivity contribution in [2.45, 2.75) is 52.1 Å². The van der Waals surface area contributed by atoms with Gasteiger partial charge < -0.3 is 15.5 Å². The molecule has 2 amide bonds. The number of amides is 2. The van der Waals surface area contributed by atoms with Crippen molar-refractivity contribution >= 4 is 23.6 Å². The minimum absolute atomic E-state index is 0.0743. The summed E-state index contributed by atoms with van der Waals surface area (Å²) in [6.07, 6.45) is 2.94. The second-order valence-corrected chi connectivity index (χ2v) is 8.23. The highest BCUT2D eigenvalue weighted by Crippen LogP contribution is 2.20. The molecule has 0 aliphatic carbocycles. The summed E-state index contributed by atoms with van der Waals surface area (Å²) in [5.74, 6) is 2.53. The molecule has 3 unspecified atom stereocenters. The summed E-state index contributed by atoms with van der Waals surface area (Å²) in [6.45, 7) is 10.5. The lowest BCUT2D eigenvalue weighted by Crippen LogP contribution is -2.47. The Labute approximate surface area is 156 Å². The molecule has 25 heavy (non-hydrogen) atoms. The zero-order chi connectivity index (χ0) is 18.2. The van der Waals surface area contributed by atoms with Crippen LogP contribution in [-0.4, -0.2) is 78.1 Å². The Bertz CT molecular complexity index is 437. The maximum Gasteiger partial charge on any atom is 0.240 e. The van der Waals surface area contributed by atoms with E-state index >= 15 is 0 Å². The molecule has 0 aromatic heterocycles. The summed E-state index contributed by atoms with van der Waals surface area (Å²) in [5.41, 5.74) is 0. The monoisotopic (exact) mass is 370 g/mol.